The van der Waals surface area contributed by atoms with Crippen LogP contribution in [0, 0.1) is 0 Å². The van der Waals surface area contributed by atoms with Gasteiger partial charge in [-0.2, -0.15) is 15.2 Å². The van der Waals surface area contributed by atoms with Crippen LogP contribution in [0.1, 0.15) is 42.4 Å². The van der Waals surface area contributed by atoms with E-state index in [0.717, 1.165) is 12.1 Å². The van der Waals surface area contributed by atoms with E-state index in [4.69, 9.17) is 4.74 Å². The molecule has 0 bridgehead atoms. The summed E-state index contributed by atoms with van der Waals surface area (Å²) < 4.78 is 9.43. The van der Waals surface area contributed by atoms with Gasteiger partial charge in [0.1, 0.15) is 12.0 Å². The third kappa shape index (κ3) is 3.68. The molecule has 0 aliphatic carbocycles. The maximum absolute atomic E-state index is 13.2. The molecule has 1 saturated heterocycles. The number of carbonyl (C=O) groups excluding carboxylic acids is 1. The third-order valence-electron chi connectivity index (χ3n) is 4.68. The fraction of sp³-hybridized carbons (Fsp3) is 0.500. The molecule has 3 aromatic heterocycles. The van der Waals surface area contributed by atoms with Crippen LogP contribution in [0.15, 0.2) is 30.9 Å². The van der Waals surface area contributed by atoms with E-state index in [1.165, 1.54) is 6.33 Å². The first-order chi connectivity index (χ1) is 13.1. The Bertz CT molecular complexity index is 919. The quantitative estimate of drug-likeness (QED) is 0.690. The first kappa shape index (κ1) is 17.6. The van der Waals surface area contributed by atoms with Gasteiger partial charge in [0.05, 0.1) is 18.3 Å². The summed E-state index contributed by atoms with van der Waals surface area (Å²) in [7, 11) is 0. The molecule has 9 nitrogen and oxygen atoms in total. The normalized spacial score (nSPS) is 18.2. The second-order valence-corrected chi connectivity index (χ2v) is 7.02. The zero-order valence-corrected chi connectivity index (χ0v) is 15.5. The lowest BCUT2D eigenvalue weighted by Crippen LogP contribution is -2.39. The van der Waals surface area contributed by atoms with Gasteiger partial charge in [0.15, 0.2) is 0 Å². The van der Waals surface area contributed by atoms with E-state index in [1.54, 1.807) is 10.7 Å². The lowest BCUT2D eigenvalue weighted by Gasteiger charge is -2.24. The van der Waals surface area contributed by atoms with Crippen LogP contribution in [0.25, 0.3) is 5.78 Å². The number of aromatic nitrogens is 6. The fourth-order valence-corrected chi connectivity index (χ4v) is 3.33. The van der Waals surface area contributed by atoms with Crippen molar-refractivity contribution in [2.24, 2.45) is 0 Å². The average molecular weight is 369 g/mol. The third-order valence-corrected chi connectivity index (χ3v) is 4.68. The van der Waals surface area contributed by atoms with Gasteiger partial charge < -0.3 is 9.64 Å². The first-order valence-corrected chi connectivity index (χ1v) is 9.21. The van der Waals surface area contributed by atoms with Gasteiger partial charge in [0.2, 0.25) is 0 Å². The van der Waals surface area contributed by atoms with Crippen LogP contribution in [0.5, 0.6) is 0 Å². The topological polar surface area (TPSA) is 90.4 Å². The highest BCUT2D eigenvalue weighted by Crippen LogP contribution is 2.18. The molecule has 1 fully saturated rings. The van der Waals surface area contributed by atoms with Gasteiger partial charge in [-0.3, -0.25) is 9.48 Å². The maximum atomic E-state index is 13.2. The molecular formula is C18H23N7O2. The SMILES string of the molecule is CC(C)c1cc(C(=O)N2CCCO[C@H](Cn3cccn3)C2)nc2ncnn12. The Hall–Kier alpha value is -2.81. The highest BCUT2D eigenvalue weighted by Gasteiger charge is 2.26. The van der Waals surface area contributed by atoms with Crippen LogP contribution in [0.2, 0.25) is 0 Å². The Balaban J connectivity index is 1.58. The number of ether oxygens (including phenoxy) is 1. The fourth-order valence-electron chi connectivity index (χ4n) is 3.33. The van der Waals surface area contributed by atoms with Crippen molar-refractivity contribution < 1.29 is 9.53 Å². The number of amides is 1. The number of fused-ring (bicyclic) bond motifs is 1. The average Bonchev–Trinajstić information content (AvgIpc) is 3.28. The summed E-state index contributed by atoms with van der Waals surface area (Å²) in [5, 5.41) is 8.44. The minimum absolute atomic E-state index is 0.0987. The van der Waals surface area contributed by atoms with Crippen molar-refractivity contribution >= 4 is 11.7 Å². The highest BCUT2D eigenvalue weighted by atomic mass is 16.5. The second kappa shape index (κ2) is 7.43. The van der Waals surface area contributed by atoms with Crippen molar-refractivity contribution in [2.45, 2.75) is 38.8 Å². The Kier molecular flexibility index (Phi) is 4.85. The molecular weight excluding hydrogens is 346 g/mol. The lowest BCUT2D eigenvalue weighted by molar-refractivity contribution is 0.0365. The number of rotatable bonds is 4. The van der Waals surface area contributed by atoms with Crippen LogP contribution in [0.4, 0.5) is 0 Å². The van der Waals surface area contributed by atoms with E-state index >= 15 is 0 Å². The first-order valence-electron chi connectivity index (χ1n) is 9.21. The predicted molar refractivity (Wildman–Crippen MR) is 97.4 cm³/mol. The molecule has 4 rings (SSSR count). The number of hydrogen-bond acceptors (Lipinski definition) is 6. The molecule has 142 valence electrons. The summed E-state index contributed by atoms with van der Waals surface area (Å²) in [5.41, 5.74) is 1.32. The molecule has 0 aromatic carbocycles. The Morgan fingerprint density at radius 1 is 1.37 bits per heavy atom. The van der Waals surface area contributed by atoms with Gasteiger partial charge in [0.25, 0.3) is 11.7 Å². The van der Waals surface area contributed by atoms with E-state index in [-0.39, 0.29) is 17.9 Å². The van der Waals surface area contributed by atoms with Crippen LogP contribution in [-0.4, -0.2) is 66.0 Å². The summed E-state index contributed by atoms with van der Waals surface area (Å²) in [6.45, 7) is 6.52. The monoisotopic (exact) mass is 369 g/mol. The van der Waals surface area contributed by atoms with Crippen LogP contribution in [0.3, 0.4) is 0 Å². The smallest absolute Gasteiger partial charge is 0.272 e. The Labute approximate surface area is 157 Å². The zero-order chi connectivity index (χ0) is 18.8. The minimum Gasteiger partial charge on any atom is -0.374 e. The molecule has 4 heterocycles. The van der Waals surface area contributed by atoms with Gasteiger partial charge in [-0.25, -0.2) is 9.50 Å². The van der Waals surface area contributed by atoms with Gasteiger partial charge in [0, 0.05) is 32.1 Å². The molecule has 0 spiro atoms. The molecule has 0 N–H and O–H groups in total. The Morgan fingerprint density at radius 2 is 2.26 bits per heavy atom. The standard InChI is InChI=1S/C18H23N7O2/c1-13(2)16-9-15(22-18-19-12-21-25(16)18)17(26)23-6-4-8-27-14(10-23)11-24-7-3-5-20-24/h3,5,7,9,12-14H,4,6,8,10-11H2,1-2H3/t14-/m0/s1. The lowest BCUT2D eigenvalue weighted by atomic mass is 10.1. The molecule has 1 amide bonds. The summed E-state index contributed by atoms with van der Waals surface area (Å²) in [6, 6.07) is 3.70. The molecule has 9 heteroatoms. The van der Waals surface area contributed by atoms with Crippen molar-refractivity contribution in [1.82, 2.24) is 34.3 Å². The van der Waals surface area contributed by atoms with Crippen molar-refractivity contribution in [2.75, 3.05) is 19.7 Å². The van der Waals surface area contributed by atoms with Crippen LogP contribution in [-0.2, 0) is 11.3 Å². The molecule has 27 heavy (non-hydrogen) atoms. The molecule has 0 unspecified atom stereocenters. The van der Waals surface area contributed by atoms with Gasteiger partial charge >= 0.3 is 0 Å². The van der Waals surface area contributed by atoms with Crippen LogP contribution >= 0.6 is 0 Å². The molecule has 0 saturated carbocycles. The molecule has 0 radical (unpaired) electrons. The molecule has 1 aliphatic rings. The van der Waals surface area contributed by atoms with E-state index in [9.17, 15) is 4.79 Å². The number of nitrogens with zero attached hydrogens (tertiary/aromatic N) is 7. The van der Waals surface area contributed by atoms with E-state index in [1.807, 2.05) is 27.9 Å². The van der Waals surface area contributed by atoms with Crippen molar-refractivity contribution in [3.8, 4) is 0 Å². The molecule has 3 aromatic rings. The highest BCUT2D eigenvalue weighted by molar-refractivity contribution is 5.92. The predicted octanol–water partition coefficient (Wildman–Crippen LogP) is 1.38. The van der Waals surface area contributed by atoms with Gasteiger partial charge in [-0.05, 0) is 24.5 Å². The maximum Gasteiger partial charge on any atom is 0.272 e. The zero-order valence-electron chi connectivity index (χ0n) is 15.5. The number of carbonyl (C=O) groups is 1. The summed E-state index contributed by atoms with van der Waals surface area (Å²) in [6.07, 6.45) is 5.80. The number of hydrogen-bond donors (Lipinski definition) is 0. The summed E-state index contributed by atoms with van der Waals surface area (Å²) >= 11 is 0. The summed E-state index contributed by atoms with van der Waals surface area (Å²) in [4.78, 5) is 23.6. The van der Waals surface area contributed by atoms with Crippen molar-refractivity contribution in [3.63, 3.8) is 0 Å². The van der Waals surface area contributed by atoms with Gasteiger partial charge in [-0.15, -0.1) is 0 Å². The largest absolute Gasteiger partial charge is 0.374 e. The Morgan fingerprint density at radius 3 is 3.04 bits per heavy atom. The molecule has 1 aliphatic heterocycles. The van der Waals surface area contributed by atoms with Gasteiger partial charge in [-0.1, -0.05) is 13.8 Å². The van der Waals surface area contributed by atoms with Crippen molar-refractivity contribution in [1.29, 1.82) is 0 Å². The van der Waals surface area contributed by atoms with E-state index < -0.39 is 0 Å². The van der Waals surface area contributed by atoms with Crippen molar-refractivity contribution in [3.05, 3.63) is 42.2 Å². The minimum atomic E-state index is -0.0993. The van der Waals surface area contributed by atoms with E-state index in [2.05, 4.69) is 34.0 Å². The molecule has 1 atom stereocenters. The van der Waals surface area contributed by atoms with E-state index in [0.29, 0.717) is 37.7 Å². The second-order valence-electron chi connectivity index (χ2n) is 7.02. The summed E-state index contributed by atoms with van der Waals surface area (Å²) in [5.74, 6) is 0.547. The van der Waals surface area contributed by atoms with Crippen LogP contribution < -0.4 is 0 Å².